The standard InChI is InChI=1S/C27H36N4O6/c28-13-19(24(34)15-33)10-20(14-32)25(29)26(35)31-23(27(36)37-16-17-6-2-1-3-7-17)12-21-11-18-8-4-5-9-22(18)30-21/h1-9,11,19-20,23-25,30,32-34H,10,12-16,28-29H2,(H,31,35)/t19?,20?,23-,24-,25+/m0/s1. The third-order valence-corrected chi connectivity index (χ3v) is 6.52. The molecule has 200 valence electrons. The molecule has 37 heavy (non-hydrogen) atoms. The zero-order valence-corrected chi connectivity index (χ0v) is 20.6. The molecule has 0 fully saturated rings. The minimum absolute atomic E-state index is 0.0429. The maximum absolute atomic E-state index is 13.1. The van der Waals surface area contributed by atoms with Crippen molar-refractivity contribution < 1.29 is 29.6 Å². The van der Waals surface area contributed by atoms with E-state index in [9.17, 15) is 24.9 Å². The number of aromatic amines is 1. The van der Waals surface area contributed by atoms with Gasteiger partial charge in [0.05, 0.1) is 18.8 Å². The lowest BCUT2D eigenvalue weighted by molar-refractivity contribution is -0.149. The number of ether oxygens (including phenoxy) is 1. The molecule has 3 rings (SSSR count). The Labute approximate surface area is 215 Å². The zero-order chi connectivity index (χ0) is 26.8. The Hall–Kier alpha value is -3.28. The first-order valence-corrected chi connectivity index (χ1v) is 12.3. The van der Waals surface area contributed by atoms with E-state index in [-0.39, 0.29) is 26.0 Å². The van der Waals surface area contributed by atoms with Gasteiger partial charge in [-0.05, 0) is 42.0 Å². The number of carbonyl (C=O) groups is 2. The van der Waals surface area contributed by atoms with Crippen molar-refractivity contribution in [3.8, 4) is 0 Å². The average molecular weight is 513 g/mol. The molecular formula is C27H36N4O6. The second-order valence-corrected chi connectivity index (χ2v) is 9.19. The van der Waals surface area contributed by atoms with Crippen LogP contribution in [0.2, 0.25) is 0 Å². The molecule has 0 aliphatic rings. The number of hydrogen-bond donors (Lipinski definition) is 7. The first kappa shape index (κ1) is 28.3. The third-order valence-electron chi connectivity index (χ3n) is 6.52. The van der Waals surface area contributed by atoms with Crippen molar-refractivity contribution >= 4 is 22.8 Å². The number of nitrogens with two attached hydrogens (primary N) is 2. The largest absolute Gasteiger partial charge is 0.459 e. The predicted molar refractivity (Wildman–Crippen MR) is 139 cm³/mol. The highest BCUT2D eigenvalue weighted by Gasteiger charge is 2.32. The molecule has 2 unspecified atom stereocenters. The smallest absolute Gasteiger partial charge is 0.329 e. The van der Waals surface area contributed by atoms with Gasteiger partial charge in [-0.25, -0.2) is 4.79 Å². The Balaban J connectivity index is 1.74. The molecule has 0 aliphatic heterocycles. The molecule has 0 saturated heterocycles. The van der Waals surface area contributed by atoms with E-state index < -0.39 is 55.1 Å². The van der Waals surface area contributed by atoms with E-state index in [1.807, 2.05) is 60.7 Å². The molecule has 5 atom stereocenters. The van der Waals surface area contributed by atoms with Gasteiger partial charge < -0.3 is 41.8 Å². The number of amides is 1. The molecule has 1 amide bonds. The summed E-state index contributed by atoms with van der Waals surface area (Å²) in [7, 11) is 0. The van der Waals surface area contributed by atoms with Gasteiger partial charge in [0.1, 0.15) is 12.6 Å². The van der Waals surface area contributed by atoms with Crippen molar-refractivity contribution in [3.63, 3.8) is 0 Å². The van der Waals surface area contributed by atoms with Gasteiger partial charge in [0.15, 0.2) is 0 Å². The number of hydrogen-bond acceptors (Lipinski definition) is 8. The van der Waals surface area contributed by atoms with Crippen LogP contribution < -0.4 is 16.8 Å². The van der Waals surface area contributed by atoms with Crippen LogP contribution in [0.1, 0.15) is 17.7 Å². The first-order chi connectivity index (χ1) is 17.9. The lowest BCUT2D eigenvalue weighted by Gasteiger charge is -2.28. The molecular weight excluding hydrogens is 476 g/mol. The minimum atomic E-state index is -1.18. The Morgan fingerprint density at radius 2 is 1.70 bits per heavy atom. The lowest BCUT2D eigenvalue weighted by Crippen LogP contribution is -2.53. The summed E-state index contributed by atoms with van der Waals surface area (Å²) in [6.45, 7) is -0.849. The van der Waals surface area contributed by atoms with Crippen LogP contribution in [0.4, 0.5) is 0 Å². The number of benzene rings is 2. The second kappa shape index (κ2) is 13.9. The van der Waals surface area contributed by atoms with E-state index in [4.69, 9.17) is 16.2 Å². The maximum Gasteiger partial charge on any atom is 0.329 e. The van der Waals surface area contributed by atoms with E-state index in [2.05, 4.69) is 10.3 Å². The Morgan fingerprint density at radius 1 is 1.00 bits per heavy atom. The van der Waals surface area contributed by atoms with Gasteiger partial charge in [0.25, 0.3) is 0 Å². The number of aromatic nitrogens is 1. The van der Waals surface area contributed by atoms with E-state index in [0.717, 1.165) is 22.2 Å². The molecule has 0 aliphatic carbocycles. The zero-order valence-electron chi connectivity index (χ0n) is 20.6. The summed E-state index contributed by atoms with van der Waals surface area (Å²) in [5.74, 6) is -2.58. The Bertz CT molecular complexity index is 1110. The second-order valence-electron chi connectivity index (χ2n) is 9.19. The number of carbonyl (C=O) groups excluding carboxylic acids is 2. The van der Waals surface area contributed by atoms with Gasteiger partial charge >= 0.3 is 5.97 Å². The molecule has 10 heteroatoms. The van der Waals surface area contributed by atoms with Gasteiger partial charge in [-0.2, -0.15) is 0 Å². The number of rotatable bonds is 14. The summed E-state index contributed by atoms with van der Waals surface area (Å²) in [6, 6.07) is 16.5. The summed E-state index contributed by atoms with van der Waals surface area (Å²) in [4.78, 5) is 29.4. The van der Waals surface area contributed by atoms with Crippen molar-refractivity contribution in [3.05, 3.63) is 71.9 Å². The molecule has 10 nitrogen and oxygen atoms in total. The summed E-state index contributed by atoms with van der Waals surface area (Å²) in [6.07, 6.45) is -0.842. The quantitative estimate of drug-likeness (QED) is 0.149. The van der Waals surface area contributed by atoms with Crippen molar-refractivity contribution in [2.75, 3.05) is 19.8 Å². The van der Waals surface area contributed by atoms with E-state index in [1.54, 1.807) is 0 Å². The Kier molecular flexibility index (Phi) is 10.6. The van der Waals surface area contributed by atoms with Gasteiger partial charge in [-0.15, -0.1) is 0 Å². The van der Waals surface area contributed by atoms with E-state index >= 15 is 0 Å². The fourth-order valence-corrected chi connectivity index (χ4v) is 4.25. The number of para-hydroxylation sites is 1. The van der Waals surface area contributed by atoms with Crippen LogP contribution in [-0.4, -0.2) is 70.1 Å². The molecule has 2 aromatic carbocycles. The van der Waals surface area contributed by atoms with Crippen molar-refractivity contribution in [1.82, 2.24) is 10.3 Å². The van der Waals surface area contributed by atoms with Crippen LogP contribution in [0.5, 0.6) is 0 Å². The fraction of sp³-hybridized carbons (Fsp3) is 0.407. The number of esters is 1. The van der Waals surface area contributed by atoms with Crippen molar-refractivity contribution in [2.45, 2.75) is 37.6 Å². The summed E-state index contributed by atoms with van der Waals surface area (Å²) < 4.78 is 5.50. The van der Waals surface area contributed by atoms with Gasteiger partial charge in [-0.1, -0.05) is 48.5 Å². The molecule has 9 N–H and O–H groups in total. The Morgan fingerprint density at radius 3 is 2.35 bits per heavy atom. The predicted octanol–water partition coefficient (Wildman–Crippen LogP) is 0.193. The molecule has 0 bridgehead atoms. The van der Waals surface area contributed by atoms with Crippen LogP contribution in [0.25, 0.3) is 10.9 Å². The van der Waals surface area contributed by atoms with Crippen molar-refractivity contribution in [2.24, 2.45) is 23.3 Å². The van der Waals surface area contributed by atoms with E-state index in [1.165, 1.54) is 0 Å². The normalized spacial score (nSPS) is 15.5. The van der Waals surface area contributed by atoms with Gasteiger partial charge in [0, 0.05) is 30.2 Å². The number of fused-ring (bicyclic) bond motifs is 1. The average Bonchev–Trinajstić information content (AvgIpc) is 3.34. The molecule has 0 spiro atoms. The van der Waals surface area contributed by atoms with Crippen LogP contribution in [0, 0.1) is 11.8 Å². The molecule has 0 radical (unpaired) electrons. The maximum atomic E-state index is 13.1. The summed E-state index contributed by atoms with van der Waals surface area (Å²) >= 11 is 0. The van der Waals surface area contributed by atoms with Crippen molar-refractivity contribution in [1.29, 1.82) is 0 Å². The first-order valence-electron chi connectivity index (χ1n) is 12.3. The monoisotopic (exact) mass is 512 g/mol. The van der Waals surface area contributed by atoms with Crippen LogP contribution in [-0.2, 0) is 27.4 Å². The lowest BCUT2D eigenvalue weighted by atomic mass is 9.86. The molecule has 3 aromatic rings. The van der Waals surface area contributed by atoms with Crippen LogP contribution in [0.15, 0.2) is 60.7 Å². The topological polar surface area (TPSA) is 184 Å². The molecule has 1 aromatic heterocycles. The van der Waals surface area contributed by atoms with Gasteiger partial charge in [-0.3, -0.25) is 4.79 Å². The third kappa shape index (κ3) is 7.85. The number of H-pyrrole nitrogens is 1. The van der Waals surface area contributed by atoms with Crippen LogP contribution in [0.3, 0.4) is 0 Å². The number of aliphatic hydroxyl groups is 3. The van der Waals surface area contributed by atoms with Gasteiger partial charge in [0.2, 0.25) is 5.91 Å². The molecule has 0 saturated carbocycles. The highest BCUT2D eigenvalue weighted by Crippen LogP contribution is 2.19. The number of nitrogens with one attached hydrogen (secondary N) is 2. The fourth-order valence-electron chi connectivity index (χ4n) is 4.25. The highest BCUT2D eigenvalue weighted by atomic mass is 16.5. The minimum Gasteiger partial charge on any atom is -0.459 e. The molecule has 1 heterocycles. The number of aliphatic hydroxyl groups excluding tert-OH is 3. The van der Waals surface area contributed by atoms with E-state index in [0.29, 0.717) is 0 Å². The summed E-state index contributed by atoms with van der Waals surface area (Å²) in [5.41, 5.74) is 14.3. The van der Waals surface area contributed by atoms with Crippen LogP contribution >= 0.6 is 0 Å². The highest BCUT2D eigenvalue weighted by molar-refractivity contribution is 5.88. The summed E-state index contributed by atoms with van der Waals surface area (Å²) in [5, 5.41) is 32.7. The SMILES string of the molecule is NCC(CC(CO)[C@@H](N)C(=O)N[C@@H](Cc1cc2ccccc2[nH]1)C(=O)OCc1ccccc1)[C@@H](O)CO.